The molecule has 0 aromatic carbocycles. The molecule has 1 aliphatic heterocycles. The van der Waals surface area contributed by atoms with Gasteiger partial charge in [0, 0.05) is 65.8 Å². The van der Waals surface area contributed by atoms with Gasteiger partial charge in [-0.1, -0.05) is 42.4 Å². The van der Waals surface area contributed by atoms with Gasteiger partial charge in [-0.3, -0.25) is 19.7 Å². The summed E-state index contributed by atoms with van der Waals surface area (Å²) in [5.41, 5.74) is 14.1. The van der Waals surface area contributed by atoms with Gasteiger partial charge in [0.05, 0.1) is 18.2 Å². The van der Waals surface area contributed by atoms with E-state index in [0.717, 1.165) is 69.5 Å². The molecule has 63 heavy (non-hydrogen) atoms. The maximum Gasteiger partial charge on any atom is 1.00 e. The molecular formula is C52H71AlClLiN4O4. The number of fused-ring (bicyclic) bond motifs is 4. The number of carbonyl (C=O) groups is 1. The second kappa shape index (κ2) is 26.3. The van der Waals surface area contributed by atoms with Crippen molar-refractivity contribution in [3.8, 4) is 0 Å². The van der Waals surface area contributed by atoms with Crippen LogP contribution in [0, 0.1) is 11.8 Å². The van der Waals surface area contributed by atoms with E-state index in [1.807, 2.05) is 19.1 Å². The summed E-state index contributed by atoms with van der Waals surface area (Å²) in [5.74, 6) is 1.33. The van der Waals surface area contributed by atoms with Gasteiger partial charge in [0.15, 0.2) is 17.4 Å². The predicted molar refractivity (Wildman–Crippen MR) is 255 cm³/mol. The van der Waals surface area contributed by atoms with E-state index in [1.165, 1.54) is 134 Å². The van der Waals surface area contributed by atoms with Gasteiger partial charge >= 0.3 is 24.8 Å². The van der Waals surface area contributed by atoms with Gasteiger partial charge in [-0.15, -0.1) is 0 Å². The third-order valence-electron chi connectivity index (χ3n) is 13.1. The normalized spacial score (nSPS) is 21.7. The molecule has 0 amide bonds. The topological polar surface area (TPSA) is 107 Å². The van der Waals surface area contributed by atoms with Crippen molar-refractivity contribution >= 4 is 41.0 Å². The molecule has 3 fully saturated rings. The molecule has 11 rings (SSSR count). The SMILES string of the molecule is C1CCOC1.C=Cc1ccc2c(n1)CCCC2.CCOC(=O)[C@H]1C[C@@H]1c1ccc2c(n1)CCCC2.Clc1ccc2c(n1)CCCC2.OC[C@H]1C[C@@H]1c1ccc2c(n1)CCCC2.[AlH3].[H-].[Li+]. The molecule has 334 valence electrons. The molecule has 0 bridgehead atoms. The number of pyridine rings is 4. The molecule has 4 atom stereocenters. The average Bonchev–Trinajstić information content (AvgIpc) is 4.23. The number of halogens is 1. The van der Waals surface area contributed by atoms with Crippen LogP contribution in [0.1, 0.15) is 159 Å². The second-order valence-corrected chi connectivity index (χ2v) is 18.0. The smallest absolute Gasteiger partial charge is 1.00 e. The Morgan fingerprint density at radius 3 is 1.60 bits per heavy atom. The Morgan fingerprint density at radius 2 is 1.14 bits per heavy atom. The Bertz CT molecular complexity index is 2080. The first kappa shape index (κ1) is 51.1. The standard InChI is InChI=1S/C15H19NO2.C13H17NO.C11H13N.C9H10ClN.C4H8O.Al.Li.4H/c1-2-18-15(17)12-9-11(12)14-8-7-10-5-3-4-6-13(10)16-14;15-8-10-7-11(10)13-6-5-9-3-1-2-4-12(9)14-13;1-2-10-8-7-9-5-3-4-6-11(9)12-10;10-9-6-5-7-3-1-2-4-8(7)11-9;1-2-4-5-3-1;;;;;;/h7-8,11-12H,2-6,9H2,1H3;5-6,10-11,15H,1-4,7-8H2;2,7-8H,1,3-6H2;5-6H,1-4H2;1-4H2;;;;;;/q;;;;;;+1;;;;-1/t11-,12-;10-,11+;;;;;;;;;/m01........./s1. The van der Waals surface area contributed by atoms with Gasteiger partial charge in [0.25, 0.3) is 0 Å². The zero-order valence-electron chi connectivity index (χ0n) is 38.5. The van der Waals surface area contributed by atoms with Crippen molar-refractivity contribution in [2.45, 2.75) is 147 Å². The molecule has 8 nitrogen and oxygen atoms in total. The van der Waals surface area contributed by atoms with Crippen molar-refractivity contribution in [1.29, 1.82) is 0 Å². The molecule has 4 aromatic rings. The van der Waals surface area contributed by atoms with Crippen molar-refractivity contribution in [2.24, 2.45) is 11.8 Å². The summed E-state index contributed by atoms with van der Waals surface area (Å²) in [7, 11) is 0. The quantitative estimate of drug-likeness (QED) is 0.131. The Morgan fingerprint density at radius 1 is 0.683 bits per heavy atom. The molecule has 7 aliphatic rings. The molecule has 1 N–H and O–H groups in total. The minimum atomic E-state index is -0.0537. The number of nitrogens with zero attached hydrogens (tertiary/aromatic N) is 4. The van der Waals surface area contributed by atoms with E-state index in [-0.39, 0.29) is 49.5 Å². The number of aryl methyl sites for hydroxylation is 8. The van der Waals surface area contributed by atoms with E-state index in [9.17, 15) is 4.79 Å². The Kier molecular flexibility index (Phi) is 21.4. The second-order valence-electron chi connectivity index (χ2n) is 17.6. The number of carbonyl (C=O) groups excluding carboxylic acids is 1. The molecule has 1 saturated heterocycles. The van der Waals surface area contributed by atoms with Crippen molar-refractivity contribution in [3.63, 3.8) is 0 Å². The van der Waals surface area contributed by atoms with Gasteiger partial charge in [0.2, 0.25) is 0 Å². The van der Waals surface area contributed by atoms with Gasteiger partial charge in [-0.2, -0.15) is 0 Å². The molecule has 0 radical (unpaired) electrons. The van der Waals surface area contributed by atoms with Gasteiger partial charge in [0.1, 0.15) is 5.15 Å². The van der Waals surface area contributed by atoms with Crippen LogP contribution in [0.3, 0.4) is 0 Å². The number of rotatable bonds is 6. The van der Waals surface area contributed by atoms with E-state index < -0.39 is 0 Å². The number of ether oxygens (including phenoxy) is 2. The molecule has 6 aliphatic carbocycles. The fourth-order valence-electron chi connectivity index (χ4n) is 9.23. The summed E-state index contributed by atoms with van der Waals surface area (Å²) in [6.07, 6.45) is 26.0. The number of esters is 1. The van der Waals surface area contributed by atoms with Crippen LogP contribution in [-0.4, -0.2) is 74.8 Å². The van der Waals surface area contributed by atoms with Crippen LogP contribution in [0.25, 0.3) is 6.08 Å². The van der Waals surface area contributed by atoms with Crippen molar-refractivity contribution in [1.82, 2.24) is 19.9 Å². The van der Waals surface area contributed by atoms with Gasteiger partial charge in [-0.25, -0.2) is 4.98 Å². The zero-order valence-corrected chi connectivity index (χ0v) is 38.3. The van der Waals surface area contributed by atoms with E-state index >= 15 is 0 Å². The van der Waals surface area contributed by atoms with E-state index in [4.69, 9.17) is 36.1 Å². The molecule has 5 heterocycles. The minimum absolute atomic E-state index is 0. The minimum Gasteiger partial charge on any atom is -1.00 e. The molecule has 11 heteroatoms. The number of hydrogen-bond donors (Lipinski definition) is 1. The summed E-state index contributed by atoms with van der Waals surface area (Å²) in [4.78, 5) is 29.9. The van der Waals surface area contributed by atoms with E-state index in [0.29, 0.717) is 36.1 Å². The van der Waals surface area contributed by atoms with Crippen LogP contribution >= 0.6 is 11.6 Å². The number of aliphatic hydroxyl groups excluding tert-OH is 1. The first-order chi connectivity index (χ1) is 29.9. The summed E-state index contributed by atoms with van der Waals surface area (Å²) in [5, 5.41) is 9.68. The maximum atomic E-state index is 11.6. The Balaban J connectivity index is 0.000000180. The van der Waals surface area contributed by atoms with Crippen LogP contribution in [-0.2, 0) is 65.6 Å². The molecular weight excluding hydrogens is 814 g/mol. The largest absolute Gasteiger partial charge is 1.00 e. The van der Waals surface area contributed by atoms with Crippen molar-refractivity contribution < 1.29 is 39.7 Å². The van der Waals surface area contributed by atoms with E-state index in [1.54, 1.807) is 0 Å². The van der Waals surface area contributed by atoms with Gasteiger partial charge < -0.3 is 16.0 Å². The first-order valence-corrected chi connectivity index (χ1v) is 23.9. The molecule has 2 saturated carbocycles. The number of aromatic nitrogens is 4. The Labute approximate surface area is 406 Å². The van der Waals surface area contributed by atoms with Crippen LogP contribution in [0.15, 0.2) is 55.1 Å². The van der Waals surface area contributed by atoms with Crippen LogP contribution in [0.2, 0.25) is 5.15 Å². The molecule has 0 spiro atoms. The summed E-state index contributed by atoms with van der Waals surface area (Å²) >= 11 is 5.77. The first-order valence-electron chi connectivity index (χ1n) is 23.5. The monoisotopic (exact) mass is 885 g/mol. The maximum absolute atomic E-state index is 11.6. The summed E-state index contributed by atoms with van der Waals surface area (Å²) < 4.78 is 10.0. The average molecular weight is 886 g/mol. The fraction of sp³-hybridized carbons (Fsp3) is 0.558. The summed E-state index contributed by atoms with van der Waals surface area (Å²) in [6.45, 7) is 8.37. The van der Waals surface area contributed by atoms with E-state index in [2.05, 4.69) is 59.0 Å². The van der Waals surface area contributed by atoms with Crippen molar-refractivity contribution in [2.75, 3.05) is 26.4 Å². The molecule has 4 aromatic heterocycles. The number of hydrogen-bond acceptors (Lipinski definition) is 8. The fourth-order valence-corrected chi connectivity index (χ4v) is 9.40. The number of aliphatic hydroxyl groups is 1. The van der Waals surface area contributed by atoms with Crippen LogP contribution in [0.5, 0.6) is 0 Å². The third kappa shape index (κ3) is 15.1. The van der Waals surface area contributed by atoms with Gasteiger partial charge in [-0.05, 0) is 194 Å². The van der Waals surface area contributed by atoms with Crippen molar-refractivity contribution in [3.05, 3.63) is 122 Å². The van der Waals surface area contributed by atoms with Crippen LogP contribution < -0.4 is 18.9 Å². The molecule has 0 unspecified atom stereocenters. The zero-order chi connectivity index (χ0) is 42.4. The predicted octanol–water partition coefficient (Wildman–Crippen LogP) is 6.63. The third-order valence-corrected chi connectivity index (χ3v) is 13.3. The Hall–Kier alpha value is -2.85. The summed E-state index contributed by atoms with van der Waals surface area (Å²) in [6, 6.07) is 17.0. The van der Waals surface area contributed by atoms with Crippen LogP contribution in [0.4, 0.5) is 0 Å².